The van der Waals surface area contributed by atoms with Crippen LogP contribution in [0.5, 0.6) is 0 Å². The molecule has 0 nitrogen and oxygen atoms in total. The van der Waals surface area contributed by atoms with Gasteiger partial charge < -0.3 is 0 Å². The van der Waals surface area contributed by atoms with E-state index in [1.807, 2.05) is 47.0 Å². The molecule has 0 heterocycles. The Morgan fingerprint density at radius 3 is 0.853 bits per heavy atom. The molecule has 0 spiro atoms. The second-order valence-electron chi connectivity index (χ2n) is 6.73. The summed E-state index contributed by atoms with van der Waals surface area (Å²) in [6.07, 6.45) is 0. The second kappa shape index (κ2) is 15.0. The molecule has 0 radical (unpaired) electrons. The molecule has 0 saturated carbocycles. The molecule has 0 unspecified atom stereocenters. The third kappa shape index (κ3) is 9.45. The maximum atomic E-state index is 2.47. The summed E-state index contributed by atoms with van der Waals surface area (Å²) in [7, 11) is 0. The van der Waals surface area contributed by atoms with Gasteiger partial charge in [-0.2, -0.15) is 0 Å². The predicted molar refractivity (Wildman–Crippen MR) is 157 cm³/mol. The molecule has 0 atom stereocenters. The second-order valence-corrected chi connectivity index (χ2v) is 17.7. The van der Waals surface area contributed by atoms with Gasteiger partial charge in [0.2, 0.25) is 0 Å². The van der Waals surface area contributed by atoms with Crippen molar-refractivity contribution in [1.29, 1.82) is 0 Å². The normalized spacial score (nSPS) is 10.5. The molecule has 34 heavy (non-hydrogen) atoms. The van der Waals surface area contributed by atoms with E-state index in [0.29, 0.717) is 26.3 Å². The average molecular weight is 645 g/mol. The van der Waals surface area contributed by atoms with Crippen molar-refractivity contribution in [3.63, 3.8) is 0 Å². The fourth-order valence-corrected chi connectivity index (χ4v) is 15.4. The van der Waals surface area contributed by atoms with Crippen LogP contribution in [0.25, 0.3) is 0 Å². The molecule has 0 N–H and O–H groups in total. The van der Waals surface area contributed by atoms with Gasteiger partial charge in [0.05, 0.1) is 0 Å². The molecule has 0 bridgehead atoms. The predicted octanol–water partition coefficient (Wildman–Crippen LogP) is 9.08. The van der Waals surface area contributed by atoms with Gasteiger partial charge in [-0.05, 0) is 0 Å². The van der Waals surface area contributed by atoms with Gasteiger partial charge in [-0.1, -0.05) is 0 Å². The zero-order valence-corrected chi connectivity index (χ0v) is 24.8. The van der Waals surface area contributed by atoms with Crippen LogP contribution in [0.2, 0.25) is 0 Å². The van der Waals surface area contributed by atoms with Gasteiger partial charge in [-0.25, -0.2) is 0 Å². The van der Waals surface area contributed by atoms with Gasteiger partial charge in [0.25, 0.3) is 0 Å². The topological polar surface area (TPSA) is 0 Å². The monoisotopic (exact) mass is 646 g/mol. The van der Waals surface area contributed by atoms with Crippen molar-refractivity contribution >= 4 is 73.3 Å². The zero-order valence-electron chi connectivity index (χ0n) is 18.2. The molecule has 0 aliphatic carbocycles. The van der Waals surface area contributed by atoms with Gasteiger partial charge in [-0.15, -0.1) is 0 Å². The summed E-state index contributed by atoms with van der Waals surface area (Å²) in [4.78, 5) is 10.1. The van der Waals surface area contributed by atoms with Gasteiger partial charge in [0, 0.05) is 0 Å². The summed E-state index contributed by atoms with van der Waals surface area (Å²) in [6.45, 7) is 0. The van der Waals surface area contributed by atoms with Crippen molar-refractivity contribution in [2.45, 2.75) is 19.6 Å². The van der Waals surface area contributed by atoms with Crippen LogP contribution in [-0.4, -0.2) is 26.3 Å². The third-order valence-electron chi connectivity index (χ3n) is 4.19. The third-order valence-corrected chi connectivity index (χ3v) is 14.8. The Kier molecular flexibility index (Phi) is 11.4. The summed E-state index contributed by atoms with van der Waals surface area (Å²) in [6, 6.07) is 42.7. The van der Waals surface area contributed by atoms with E-state index in [1.165, 1.54) is 28.1 Å². The van der Waals surface area contributed by atoms with Gasteiger partial charge in [0.1, 0.15) is 0 Å². The van der Waals surface area contributed by atoms with Crippen molar-refractivity contribution in [2.24, 2.45) is 0 Å². The first-order valence-electron chi connectivity index (χ1n) is 10.5. The SMILES string of the molecule is C([Se][Se]C=C(Sc1ccccc1)Sc1ccccc1)=C(Sc1ccccc1)Sc1ccccc1. The molecule has 0 saturated heterocycles. The Morgan fingerprint density at radius 1 is 0.382 bits per heavy atom. The Hall–Kier alpha value is -1.20. The first-order valence-corrected chi connectivity index (χ1v) is 20.1. The first kappa shape index (κ1) is 25.9. The van der Waals surface area contributed by atoms with E-state index in [1.54, 1.807) is 0 Å². The molecule has 6 heteroatoms. The zero-order chi connectivity index (χ0) is 23.3. The number of hydrogen-bond donors (Lipinski definition) is 0. The number of thioether (sulfide) groups is 4. The van der Waals surface area contributed by atoms with Crippen molar-refractivity contribution in [2.75, 3.05) is 0 Å². The van der Waals surface area contributed by atoms with Crippen LogP contribution in [0, 0.1) is 0 Å². The minimum absolute atomic E-state index is 0.436. The Bertz CT molecular complexity index is 998. The fraction of sp³-hybridized carbons (Fsp3) is 0. The molecular weight excluding hydrogens is 622 g/mol. The number of rotatable bonds is 11. The molecule has 0 aliphatic heterocycles. The molecule has 0 aromatic heterocycles. The van der Waals surface area contributed by atoms with Crippen molar-refractivity contribution in [3.8, 4) is 0 Å². The molecular formula is C28H22S4Se2. The van der Waals surface area contributed by atoms with E-state index in [2.05, 4.69) is 131 Å². The minimum atomic E-state index is 0.436. The standard InChI is InChI=1S/C28H22S4Se2/c1-5-13-23(14-6-1)29-27(30-24-15-7-2-8-16-24)21-33-34-22-28(31-25-17-9-3-10-18-25)32-26-19-11-4-12-20-26/h1-22H. The van der Waals surface area contributed by atoms with Crippen LogP contribution in [-0.2, 0) is 0 Å². The summed E-state index contributed by atoms with van der Waals surface area (Å²) in [5.74, 6) is 0. The average Bonchev–Trinajstić information content (AvgIpc) is 2.89. The molecule has 0 aliphatic rings. The van der Waals surface area contributed by atoms with E-state index < -0.39 is 0 Å². The fourth-order valence-electron chi connectivity index (χ4n) is 2.69. The van der Waals surface area contributed by atoms with Crippen LogP contribution in [0.4, 0.5) is 0 Å². The van der Waals surface area contributed by atoms with E-state index in [0.717, 1.165) is 0 Å². The maximum absolute atomic E-state index is 2.47. The Morgan fingerprint density at radius 2 is 0.618 bits per heavy atom. The summed E-state index contributed by atoms with van der Waals surface area (Å²) < 4.78 is 2.72. The molecule has 4 aromatic rings. The first-order chi connectivity index (χ1) is 16.8. The summed E-state index contributed by atoms with van der Waals surface area (Å²) in [5, 5.41) is 0. The molecule has 4 aromatic carbocycles. The van der Waals surface area contributed by atoms with Crippen LogP contribution in [0.3, 0.4) is 0 Å². The van der Waals surface area contributed by atoms with Crippen LogP contribution in [0.15, 0.2) is 159 Å². The van der Waals surface area contributed by atoms with Crippen molar-refractivity contribution in [3.05, 3.63) is 140 Å². The molecule has 0 amide bonds. The van der Waals surface area contributed by atoms with Crippen LogP contribution in [0.1, 0.15) is 0 Å². The molecule has 170 valence electrons. The Labute approximate surface area is 230 Å². The van der Waals surface area contributed by atoms with Crippen molar-refractivity contribution in [1.82, 2.24) is 0 Å². The Balaban J connectivity index is 1.46. The van der Waals surface area contributed by atoms with E-state index in [-0.39, 0.29) is 0 Å². The summed E-state index contributed by atoms with van der Waals surface area (Å²) in [5.41, 5.74) is 0. The van der Waals surface area contributed by atoms with E-state index in [4.69, 9.17) is 0 Å². The van der Waals surface area contributed by atoms with Gasteiger partial charge >= 0.3 is 233 Å². The van der Waals surface area contributed by atoms with Gasteiger partial charge in [-0.3, -0.25) is 0 Å². The number of benzene rings is 4. The number of hydrogen-bond acceptors (Lipinski definition) is 4. The van der Waals surface area contributed by atoms with E-state index >= 15 is 0 Å². The van der Waals surface area contributed by atoms with Crippen LogP contribution < -0.4 is 0 Å². The van der Waals surface area contributed by atoms with E-state index in [9.17, 15) is 0 Å². The summed E-state index contributed by atoms with van der Waals surface area (Å²) >= 11 is 8.34. The quantitative estimate of drug-likeness (QED) is 0.0908. The molecule has 4 rings (SSSR count). The van der Waals surface area contributed by atoms with Crippen LogP contribution >= 0.6 is 47.0 Å². The molecule has 0 fully saturated rings. The van der Waals surface area contributed by atoms with Crippen molar-refractivity contribution < 1.29 is 0 Å². The van der Waals surface area contributed by atoms with Gasteiger partial charge in [0.15, 0.2) is 0 Å².